The molecule has 1 aromatic heterocycles. The Bertz CT molecular complexity index is 636. The number of rotatable bonds is 6. The Kier molecular flexibility index (Phi) is 5.67. The predicted octanol–water partition coefficient (Wildman–Crippen LogP) is 1.19. The summed E-state index contributed by atoms with van der Waals surface area (Å²) in [5.41, 5.74) is -0.101. The highest BCUT2D eigenvalue weighted by molar-refractivity contribution is 5.85. The van der Waals surface area contributed by atoms with Gasteiger partial charge in [-0.05, 0) is 25.3 Å². The van der Waals surface area contributed by atoms with Crippen molar-refractivity contribution in [2.24, 2.45) is 5.92 Å². The molecule has 2 N–H and O–H groups in total. The third kappa shape index (κ3) is 3.98. The van der Waals surface area contributed by atoms with E-state index in [0.717, 1.165) is 0 Å². The van der Waals surface area contributed by atoms with E-state index < -0.39 is 22.9 Å². The smallest absolute Gasteiger partial charge is 0.326 e. The number of hydrogen-bond acceptors (Lipinski definition) is 6. The summed E-state index contributed by atoms with van der Waals surface area (Å²) in [6.07, 6.45) is 3.06. The number of nitrogens with one attached hydrogen (secondary N) is 1. The molecule has 0 aliphatic carbocycles. The van der Waals surface area contributed by atoms with Crippen LogP contribution in [-0.2, 0) is 9.59 Å². The summed E-state index contributed by atoms with van der Waals surface area (Å²) in [5, 5.41) is 22.7. The maximum absolute atomic E-state index is 12.3. The number of carbonyl (C=O) groups excluding carboxylic acids is 1. The summed E-state index contributed by atoms with van der Waals surface area (Å²) in [7, 11) is 0. The molecule has 2 unspecified atom stereocenters. The van der Waals surface area contributed by atoms with Crippen molar-refractivity contribution in [1.82, 2.24) is 10.3 Å². The summed E-state index contributed by atoms with van der Waals surface area (Å²) in [4.78, 5) is 39.8. The van der Waals surface area contributed by atoms with Crippen molar-refractivity contribution in [2.45, 2.75) is 32.2 Å². The number of nitro groups is 1. The van der Waals surface area contributed by atoms with Crippen molar-refractivity contribution in [3.05, 3.63) is 28.4 Å². The number of carbonyl (C=O) groups is 2. The van der Waals surface area contributed by atoms with E-state index in [1.54, 1.807) is 11.8 Å². The fourth-order valence-electron chi connectivity index (χ4n) is 2.79. The number of carboxylic acid groups (broad SMARTS) is 1. The van der Waals surface area contributed by atoms with Gasteiger partial charge in [-0.2, -0.15) is 0 Å². The molecule has 1 aliphatic heterocycles. The number of amides is 1. The SMILES string of the molecule is CCC(NC(=O)C1CCCN(c2ncccc2[N+](=O)[O-])C1)C(=O)O. The lowest BCUT2D eigenvalue weighted by molar-refractivity contribution is -0.384. The van der Waals surface area contributed by atoms with Crippen LogP contribution in [0.15, 0.2) is 18.3 Å². The molecule has 2 heterocycles. The molecular formula is C15H20N4O5. The molecule has 9 nitrogen and oxygen atoms in total. The first kappa shape index (κ1) is 17.6. The molecule has 0 aromatic carbocycles. The van der Waals surface area contributed by atoms with Gasteiger partial charge in [0.25, 0.3) is 0 Å². The number of pyridine rings is 1. The first-order chi connectivity index (χ1) is 11.4. The number of anilines is 1. The molecule has 0 bridgehead atoms. The van der Waals surface area contributed by atoms with Crippen molar-refractivity contribution in [3.63, 3.8) is 0 Å². The van der Waals surface area contributed by atoms with Crippen molar-refractivity contribution in [3.8, 4) is 0 Å². The Hall–Kier alpha value is -2.71. The molecule has 130 valence electrons. The number of hydrogen-bond donors (Lipinski definition) is 2. The molecule has 2 atom stereocenters. The normalized spacial score (nSPS) is 18.7. The van der Waals surface area contributed by atoms with Crippen molar-refractivity contribution in [2.75, 3.05) is 18.0 Å². The second-order valence-corrected chi connectivity index (χ2v) is 5.70. The van der Waals surface area contributed by atoms with Crippen LogP contribution in [0.1, 0.15) is 26.2 Å². The Morgan fingerprint density at radius 3 is 2.96 bits per heavy atom. The maximum Gasteiger partial charge on any atom is 0.326 e. The Balaban J connectivity index is 2.11. The van der Waals surface area contributed by atoms with Crippen LogP contribution in [0.25, 0.3) is 0 Å². The van der Waals surface area contributed by atoms with Gasteiger partial charge in [0.1, 0.15) is 6.04 Å². The van der Waals surface area contributed by atoms with Gasteiger partial charge in [-0.15, -0.1) is 0 Å². The predicted molar refractivity (Wildman–Crippen MR) is 85.7 cm³/mol. The van der Waals surface area contributed by atoms with Crippen LogP contribution in [-0.4, -0.2) is 46.0 Å². The molecule has 0 saturated carbocycles. The van der Waals surface area contributed by atoms with E-state index in [1.807, 2.05) is 0 Å². The first-order valence-corrected chi connectivity index (χ1v) is 7.81. The third-order valence-electron chi connectivity index (χ3n) is 4.08. The van der Waals surface area contributed by atoms with Gasteiger partial charge in [0, 0.05) is 25.4 Å². The van der Waals surface area contributed by atoms with E-state index in [-0.39, 0.29) is 24.0 Å². The average molecular weight is 336 g/mol. The summed E-state index contributed by atoms with van der Waals surface area (Å²) < 4.78 is 0. The van der Waals surface area contributed by atoms with Crippen LogP contribution in [0.3, 0.4) is 0 Å². The third-order valence-corrected chi connectivity index (χ3v) is 4.08. The minimum atomic E-state index is -1.07. The summed E-state index contributed by atoms with van der Waals surface area (Å²) >= 11 is 0. The van der Waals surface area contributed by atoms with Crippen LogP contribution in [0, 0.1) is 16.0 Å². The van der Waals surface area contributed by atoms with Crippen LogP contribution in [0.5, 0.6) is 0 Å². The lowest BCUT2D eigenvalue weighted by atomic mass is 9.96. The van der Waals surface area contributed by atoms with Gasteiger partial charge in [0.15, 0.2) is 0 Å². The molecule has 1 aromatic rings. The zero-order valence-corrected chi connectivity index (χ0v) is 13.3. The molecule has 1 saturated heterocycles. The highest BCUT2D eigenvalue weighted by atomic mass is 16.6. The molecule has 1 amide bonds. The van der Waals surface area contributed by atoms with E-state index in [4.69, 9.17) is 5.11 Å². The zero-order chi connectivity index (χ0) is 17.7. The van der Waals surface area contributed by atoms with E-state index >= 15 is 0 Å². The van der Waals surface area contributed by atoms with Gasteiger partial charge < -0.3 is 15.3 Å². The van der Waals surface area contributed by atoms with Gasteiger partial charge >= 0.3 is 11.7 Å². The number of nitrogens with zero attached hydrogens (tertiary/aromatic N) is 3. The van der Waals surface area contributed by atoms with Gasteiger partial charge in [-0.1, -0.05) is 6.92 Å². The monoisotopic (exact) mass is 336 g/mol. The van der Waals surface area contributed by atoms with Gasteiger partial charge in [0.2, 0.25) is 11.7 Å². The van der Waals surface area contributed by atoms with E-state index in [9.17, 15) is 19.7 Å². The van der Waals surface area contributed by atoms with Crippen LogP contribution >= 0.6 is 0 Å². The molecule has 2 rings (SSSR count). The van der Waals surface area contributed by atoms with Crippen molar-refractivity contribution >= 4 is 23.4 Å². The second kappa shape index (κ2) is 7.71. The molecule has 9 heteroatoms. The van der Waals surface area contributed by atoms with E-state index in [2.05, 4.69) is 10.3 Å². The van der Waals surface area contributed by atoms with Gasteiger partial charge in [0.05, 0.1) is 10.8 Å². The average Bonchev–Trinajstić information content (AvgIpc) is 2.59. The lowest BCUT2D eigenvalue weighted by Gasteiger charge is -2.32. The molecule has 1 fully saturated rings. The molecular weight excluding hydrogens is 316 g/mol. The summed E-state index contributed by atoms with van der Waals surface area (Å²) in [6.45, 7) is 2.53. The van der Waals surface area contributed by atoms with Crippen LogP contribution < -0.4 is 10.2 Å². The fraction of sp³-hybridized carbons (Fsp3) is 0.533. The zero-order valence-electron chi connectivity index (χ0n) is 13.3. The van der Waals surface area contributed by atoms with Gasteiger partial charge in [-0.25, -0.2) is 9.78 Å². The van der Waals surface area contributed by atoms with Crippen molar-refractivity contribution < 1.29 is 19.6 Å². The fourth-order valence-corrected chi connectivity index (χ4v) is 2.79. The topological polar surface area (TPSA) is 126 Å². The van der Waals surface area contributed by atoms with Crippen molar-refractivity contribution in [1.29, 1.82) is 0 Å². The Morgan fingerprint density at radius 1 is 1.58 bits per heavy atom. The maximum atomic E-state index is 12.3. The number of carboxylic acids is 1. The molecule has 24 heavy (non-hydrogen) atoms. The molecule has 0 spiro atoms. The molecule has 1 aliphatic rings. The molecule has 0 radical (unpaired) electrons. The van der Waals surface area contributed by atoms with E-state index in [1.165, 1.54) is 18.3 Å². The number of aliphatic carboxylic acids is 1. The quantitative estimate of drug-likeness (QED) is 0.590. The van der Waals surface area contributed by atoms with Gasteiger partial charge in [-0.3, -0.25) is 14.9 Å². The van der Waals surface area contributed by atoms with E-state index in [0.29, 0.717) is 25.8 Å². The highest BCUT2D eigenvalue weighted by Gasteiger charge is 2.31. The number of piperidine rings is 1. The lowest BCUT2D eigenvalue weighted by Crippen LogP contribution is -2.48. The van der Waals surface area contributed by atoms with Crippen LogP contribution in [0.2, 0.25) is 0 Å². The second-order valence-electron chi connectivity index (χ2n) is 5.70. The highest BCUT2D eigenvalue weighted by Crippen LogP contribution is 2.29. The Morgan fingerprint density at radius 2 is 2.33 bits per heavy atom. The summed E-state index contributed by atoms with van der Waals surface area (Å²) in [5.74, 6) is -1.59. The minimum Gasteiger partial charge on any atom is -0.480 e. The minimum absolute atomic E-state index is 0.101. The summed E-state index contributed by atoms with van der Waals surface area (Å²) in [6, 6.07) is 1.95. The van der Waals surface area contributed by atoms with Crippen LogP contribution in [0.4, 0.5) is 11.5 Å². The standard InChI is InChI=1S/C15H20N4O5/c1-2-11(15(21)22)17-14(20)10-5-4-8-18(9-10)13-12(19(23)24)6-3-7-16-13/h3,6-7,10-11H,2,4-5,8-9H2,1H3,(H,17,20)(H,21,22). The first-order valence-electron chi connectivity index (χ1n) is 7.81. The Labute approximate surface area is 138 Å². The largest absolute Gasteiger partial charge is 0.480 e. The number of aromatic nitrogens is 1.